The number of carbonyl (C=O) groups is 1. The molecule has 1 atom stereocenters. The normalized spacial score (nSPS) is 12.5. The summed E-state index contributed by atoms with van der Waals surface area (Å²) in [4.78, 5) is 24.8. The molecule has 0 fully saturated rings. The van der Waals surface area contributed by atoms with Crippen LogP contribution in [0.5, 0.6) is 0 Å². The third-order valence-electron chi connectivity index (χ3n) is 4.86. The number of furan rings is 1. The van der Waals surface area contributed by atoms with E-state index in [-0.39, 0.29) is 24.1 Å². The number of nitrogens with zero attached hydrogens (tertiary/aromatic N) is 2. The molecule has 6 nitrogen and oxygen atoms in total. The molecule has 2 aromatic carbocycles. The molecule has 27 heavy (non-hydrogen) atoms. The zero-order chi connectivity index (χ0) is 19.0. The number of amides is 1. The molecular weight excluding hydrogens is 342 g/mol. The lowest BCUT2D eigenvalue weighted by atomic mass is 10.2. The first-order valence-electron chi connectivity index (χ1n) is 8.96. The quantitative estimate of drug-likeness (QED) is 0.591. The van der Waals surface area contributed by atoms with E-state index in [0.29, 0.717) is 12.3 Å². The highest BCUT2D eigenvalue weighted by Crippen LogP contribution is 2.23. The molecule has 6 heteroatoms. The summed E-state index contributed by atoms with van der Waals surface area (Å²) in [6.07, 6.45) is 0.221. The van der Waals surface area contributed by atoms with Crippen LogP contribution >= 0.6 is 0 Å². The van der Waals surface area contributed by atoms with Gasteiger partial charge in [0.05, 0.1) is 17.1 Å². The summed E-state index contributed by atoms with van der Waals surface area (Å²) in [5.74, 6) is 0.592. The zero-order valence-electron chi connectivity index (χ0n) is 15.3. The lowest BCUT2D eigenvalue weighted by Crippen LogP contribution is -2.29. The van der Waals surface area contributed by atoms with Crippen molar-refractivity contribution in [1.82, 2.24) is 14.5 Å². The highest BCUT2D eigenvalue weighted by Gasteiger charge is 2.16. The topological polar surface area (TPSA) is 69.2 Å². The maximum absolute atomic E-state index is 12.4. The van der Waals surface area contributed by atoms with Gasteiger partial charge in [-0.15, -0.1) is 0 Å². The Hall–Kier alpha value is -3.28. The third-order valence-corrected chi connectivity index (χ3v) is 4.86. The Kier molecular flexibility index (Phi) is 4.32. The number of benzene rings is 2. The van der Waals surface area contributed by atoms with Gasteiger partial charge >= 0.3 is 5.69 Å². The van der Waals surface area contributed by atoms with Gasteiger partial charge in [0.2, 0.25) is 5.91 Å². The molecular formula is C21H21N3O3. The van der Waals surface area contributed by atoms with E-state index >= 15 is 0 Å². The van der Waals surface area contributed by atoms with Gasteiger partial charge in [-0.25, -0.2) is 4.79 Å². The highest BCUT2D eigenvalue weighted by atomic mass is 16.3. The summed E-state index contributed by atoms with van der Waals surface area (Å²) in [5, 5.41) is 3.96. The van der Waals surface area contributed by atoms with Crippen molar-refractivity contribution in [2.45, 2.75) is 25.9 Å². The molecule has 4 aromatic rings. The second kappa shape index (κ2) is 6.79. The first-order valence-corrected chi connectivity index (χ1v) is 8.96. The van der Waals surface area contributed by atoms with Crippen LogP contribution in [-0.2, 0) is 18.4 Å². The summed E-state index contributed by atoms with van der Waals surface area (Å²) in [6, 6.07) is 17.0. The van der Waals surface area contributed by atoms with Crippen LogP contribution in [0.2, 0.25) is 0 Å². The molecule has 4 rings (SSSR count). The van der Waals surface area contributed by atoms with Crippen molar-refractivity contribution in [3.8, 4) is 0 Å². The van der Waals surface area contributed by atoms with Crippen LogP contribution in [0, 0.1) is 0 Å². The van der Waals surface area contributed by atoms with Crippen molar-refractivity contribution in [2.24, 2.45) is 7.05 Å². The van der Waals surface area contributed by atoms with Crippen LogP contribution in [0.3, 0.4) is 0 Å². The molecule has 1 amide bonds. The lowest BCUT2D eigenvalue weighted by Gasteiger charge is -2.11. The predicted molar refractivity (Wildman–Crippen MR) is 105 cm³/mol. The molecule has 138 valence electrons. The van der Waals surface area contributed by atoms with Crippen LogP contribution in [-0.4, -0.2) is 15.0 Å². The number of para-hydroxylation sites is 3. The van der Waals surface area contributed by atoms with E-state index in [1.807, 2.05) is 61.5 Å². The number of hydrogen-bond acceptors (Lipinski definition) is 3. The minimum atomic E-state index is -0.242. The molecule has 2 heterocycles. The fourth-order valence-electron chi connectivity index (χ4n) is 3.39. The fourth-order valence-corrected chi connectivity index (χ4v) is 3.39. The average molecular weight is 363 g/mol. The standard InChI is InChI=1S/C21H21N3O3/c1-14(19-13-15-7-3-6-10-18(15)27-19)22-20(25)11-12-24-17-9-5-4-8-16(17)23(2)21(24)26/h3-10,13-14H,11-12H2,1-2H3,(H,22,25)/t14-/m1/s1. The molecule has 2 aromatic heterocycles. The van der Waals surface area contributed by atoms with Gasteiger partial charge in [0.1, 0.15) is 11.3 Å². The van der Waals surface area contributed by atoms with Crippen molar-refractivity contribution < 1.29 is 9.21 Å². The number of carbonyl (C=O) groups excluding carboxylic acids is 1. The summed E-state index contributed by atoms with van der Waals surface area (Å²) in [7, 11) is 1.74. The maximum atomic E-state index is 12.4. The molecule has 0 saturated carbocycles. The van der Waals surface area contributed by atoms with E-state index in [2.05, 4.69) is 5.32 Å². The van der Waals surface area contributed by atoms with Crippen molar-refractivity contribution in [3.63, 3.8) is 0 Å². The Morgan fingerprint density at radius 2 is 1.81 bits per heavy atom. The first-order chi connectivity index (χ1) is 13.0. The summed E-state index contributed by atoms with van der Waals surface area (Å²) >= 11 is 0. The number of aromatic nitrogens is 2. The number of aryl methyl sites for hydroxylation is 2. The van der Waals surface area contributed by atoms with E-state index in [1.165, 1.54) is 0 Å². The number of imidazole rings is 1. The average Bonchev–Trinajstić information content (AvgIpc) is 3.21. The largest absolute Gasteiger partial charge is 0.459 e. The number of rotatable bonds is 5. The number of nitrogens with one attached hydrogen (secondary N) is 1. The van der Waals surface area contributed by atoms with Crippen LogP contribution in [0.1, 0.15) is 25.1 Å². The molecule has 0 bridgehead atoms. The number of hydrogen-bond donors (Lipinski definition) is 1. The Balaban J connectivity index is 1.46. The minimum Gasteiger partial charge on any atom is -0.459 e. The monoisotopic (exact) mass is 363 g/mol. The van der Waals surface area contributed by atoms with Crippen LogP contribution in [0.4, 0.5) is 0 Å². The van der Waals surface area contributed by atoms with E-state index in [9.17, 15) is 9.59 Å². The second-order valence-corrected chi connectivity index (χ2v) is 6.71. The summed E-state index contributed by atoms with van der Waals surface area (Å²) in [5.41, 5.74) is 2.38. The van der Waals surface area contributed by atoms with Gasteiger partial charge in [-0.2, -0.15) is 0 Å². The van der Waals surface area contributed by atoms with E-state index < -0.39 is 0 Å². The molecule has 0 aliphatic heterocycles. The Bertz CT molecular complexity index is 1150. The van der Waals surface area contributed by atoms with E-state index in [1.54, 1.807) is 16.2 Å². The van der Waals surface area contributed by atoms with Crippen molar-refractivity contribution in [2.75, 3.05) is 0 Å². The molecule has 0 radical (unpaired) electrons. The van der Waals surface area contributed by atoms with E-state index in [4.69, 9.17) is 4.42 Å². The van der Waals surface area contributed by atoms with Crippen molar-refractivity contribution in [3.05, 3.63) is 70.8 Å². The summed E-state index contributed by atoms with van der Waals surface area (Å²) in [6.45, 7) is 2.22. The Morgan fingerprint density at radius 3 is 2.59 bits per heavy atom. The molecule has 0 aliphatic rings. The minimum absolute atomic E-state index is 0.116. The maximum Gasteiger partial charge on any atom is 0.328 e. The van der Waals surface area contributed by atoms with Gasteiger partial charge in [-0.1, -0.05) is 30.3 Å². The van der Waals surface area contributed by atoms with Crippen LogP contribution in [0.15, 0.2) is 63.8 Å². The predicted octanol–water partition coefficient (Wildman–Crippen LogP) is 3.35. The van der Waals surface area contributed by atoms with Gasteiger partial charge in [-0.3, -0.25) is 13.9 Å². The smallest absolute Gasteiger partial charge is 0.328 e. The van der Waals surface area contributed by atoms with Gasteiger partial charge in [0, 0.05) is 25.4 Å². The van der Waals surface area contributed by atoms with Crippen molar-refractivity contribution >= 4 is 27.9 Å². The Labute approximate surface area is 156 Å². The molecule has 0 spiro atoms. The van der Waals surface area contributed by atoms with E-state index in [0.717, 1.165) is 22.0 Å². The lowest BCUT2D eigenvalue weighted by molar-refractivity contribution is -0.122. The second-order valence-electron chi connectivity index (χ2n) is 6.71. The third kappa shape index (κ3) is 3.14. The summed E-state index contributed by atoms with van der Waals surface area (Å²) < 4.78 is 9.04. The first kappa shape index (κ1) is 17.1. The van der Waals surface area contributed by atoms with Gasteiger partial charge < -0.3 is 9.73 Å². The Morgan fingerprint density at radius 1 is 1.11 bits per heavy atom. The van der Waals surface area contributed by atoms with Gasteiger partial charge in [-0.05, 0) is 31.2 Å². The van der Waals surface area contributed by atoms with Gasteiger partial charge in [0.15, 0.2) is 0 Å². The molecule has 1 N–H and O–H groups in total. The van der Waals surface area contributed by atoms with Crippen LogP contribution in [0.25, 0.3) is 22.0 Å². The highest BCUT2D eigenvalue weighted by molar-refractivity contribution is 5.79. The molecule has 0 aliphatic carbocycles. The zero-order valence-corrected chi connectivity index (χ0v) is 15.3. The van der Waals surface area contributed by atoms with Gasteiger partial charge in [0.25, 0.3) is 0 Å². The van der Waals surface area contributed by atoms with Crippen molar-refractivity contribution in [1.29, 1.82) is 0 Å². The molecule has 0 unspecified atom stereocenters. The van der Waals surface area contributed by atoms with Crippen LogP contribution < -0.4 is 11.0 Å². The SMILES string of the molecule is C[C@@H](NC(=O)CCn1c(=O)n(C)c2ccccc21)c1cc2ccccc2o1. The fraction of sp³-hybridized carbons (Fsp3) is 0.238. The molecule has 0 saturated heterocycles. The number of fused-ring (bicyclic) bond motifs is 2.